The van der Waals surface area contributed by atoms with Gasteiger partial charge in [-0.25, -0.2) is 0 Å². The third-order valence-electron chi connectivity index (χ3n) is 4.88. The second kappa shape index (κ2) is 7.99. The normalized spacial score (nSPS) is 12.1. The molecule has 0 saturated carbocycles. The summed E-state index contributed by atoms with van der Waals surface area (Å²) in [4.78, 5) is 0. The van der Waals surface area contributed by atoms with Crippen molar-refractivity contribution in [1.29, 1.82) is 0 Å². The molecule has 26 heavy (non-hydrogen) atoms. The molecule has 0 radical (unpaired) electrons. The second-order valence-electron chi connectivity index (χ2n) is 7.97. The quantitative estimate of drug-likeness (QED) is 0.599. The topological polar surface area (TPSA) is 40.5 Å². The number of aromatic hydroxyl groups is 2. The number of hydrogen-bond acceptors (Lipinski definition) is 2. The van der Waals surface area contributed by atoms with E-state index in [0.717, 1.165) is 33.4 Å². The zero-order valence-electron chi connectivity index (χ0n) is 17.1. The molecule has 0 bridgehead atoms. The van der Waals surface area contributed by atoms with Crippen molar-refractivity contribution >= 4 is 6.08 Å². The molecule has 2 aromatic carbocycles. The van der Waals surface area contributed by atoms with Gasteiger partial charge in [-0.15, -0.1) is 0 Å². The van der Waals surface area contributed by atoms with Crippen LogP contribution in [0.4, 0.5) is 0 Å². The Bertz CT molecular complexity index is 782. The Morgan fingerprint density at radius 3 is 1.42 bits per heavy atom. The van der Waals surface area contributed by atoms with Crippen molar-refractivity contribution in [3.8, 4) is 22.6 Å². The van der Waals surface area contributed by atoms with Crippen LogP contribution in [-0.4, -0.2) is 10.2 Å². The monoisotopic (exact) mass is 352 g/mol. The van der Waals surface area contributed by atoms with Crippen LogP contribution in [0.3, 0.4) is 0 Å². The summed E-state index contributed by atoms with van der Waals surface area (Å²) in [5.41, 5.74) is 5.88. The van der Waals surface area contributed by atoms with E-state index in [0.29, 0.717) is 11.5 Å². The Hall–Kier alpha value is -2.22. The van der Waals surface area contributed by atoms with E-state index in [1.807, 2.05) is 25.1 Å². The first-order chi connectivity index (χ1) is 12.2. The zero-order chi connectivity index (χ0) is 19.6. The smallest absolute Gasteiger partial charge is 0.126 e. The van der Waals surface area contributed by atoms with E-state index in [4.69, 9.17) is 0 Å². The van der Waals surface area contributed by atoms with Gasteiger partial charge in [0.1, 0.15) is 11.5 Å². The van der Waals surface area contributed by atoms with Crippen LogP contribution in [0.1, 0.15) is 88.5 Å². The minimum Gasteiger partial charge on any atom is -0.507 e. The predicted molar refractivity (Wildman–Crippen MR) is 112 cm³/mol. The average Bonchev–Trinajstić information content (AvgIpc) is 2.56. The molecule has 0 unspecified atom stereocenters. The number of rotatable bonds is 5. The van der Waals surface area contributed by atoms with Gasteiger partial charge < -0.3 is 10.2 Å². The van der Waals surface area contributed by atoms with Crippen LogP contribution in [0.2, 0.25) is 0 Å². The molecule has 0 atom stereocenters. The van der Waals surface area contributed by atoms with Gasteiger partial charge in [0.05, 0.1) is 0 Å². The first-order valence-corrected chi connectivity index (χ1v) is 9.54. The van der Waals surface area contributed by atoms with E-state index in [-0.39, 0.29) is 17.8 Å². The molecule has 0 saturated heterocycles. The van der Waals surface area contributed by atoms with Gasteiger partial charge >= 0.3 is 0 Å². The maximum atomic E-state index is 10.7. The third-order valence-corrected chi connectivity index (χ3v) is 4.88. The molecule has 2 N–H and O–H groups in total. The van der Waals surface area contributed by atoms with Gasteiger partial charge in [-0.05, 0) is 76.8 Å². The van der Waals surface area contributed by atoms with Crippen LogP contribution >= 0.6 is 0 Å². The highest BCUT2D eigenvalue weighted by molar-refractivity contribution is 5.74. The first kappa shape index (κ1) is 20.1. The fourth-order valence-electron chi connectivity index (χ4n) is 3.32. The Morgan fingerprint density at radius 1 is 0.654 bits per heavy atom. The Kier molecular flexibility index (Phi) is 6.17. The molecule has 0 fully saturated rings. The van der Waals surface area contributed by atoms with Crippen LogP contribution in [0.15, 0.2) is 30.3 Å². The molecule has 0 spiro atoms. The van der Waals surface area contributed by atoms with Gasteiger partial charge in [0.2, 0.25) is 0 Å². The molecule has 0 aliphatic heterocycles. The molecular formula is C24H32O2. The Balaban J connectivity index is 2.78. The van der Waals surface area contributed by atoms with E-state index in [2.05, 4.69) is 59.7 Å². The highest BCUT2D eigenvalue weighted by atomic mass is 16.3. The van der Waals surface area contributed by atoms with E-state index in [9.17, 15) is 10.2 Å². The van der Waals surface area contributed by atoms with Crippen LogP contribution in [0, 0.1) is 0 Å². The van der Waals surface area contributed by atoms with Gasteiger partial charge in [0, 0.05) is 5.56 Å². The predicted octanol–water partition coefficient (Wildman–Crippen LogP) is 7.17. The third kappa shape index (κ3) is 3.95. The molecule has 0 aliphatic rings. The maximum absolute atomic E-state index is 10.7. The second-order valence-corrected chi connectivity index (χ2v) is 7.97. The van der Waals surface area contributed by atoms with Gasteiger partial charge in [-0.1, -0.05) is 53.7 Å². The summed E-state index contributed by atoms with van der Waals surface area (Å²) >= 11 is 0. The number of allylic oxidation sites excluding steroid dienone is 1. The van der Waals surface area contributed by atoms with Crippen LogP contribution in [0.5, 0.6) is 11.5 Å². The standard InChI is InChI=1S/C24H32O2/c1-8-9-17-10-18(11-20(14(2)3)23(17)25)19-12-21(15(4)5)24(26)22(13-19)16(6)7/h8-16,25-26H,1-7H3. The van der Waals surface area contributed by atoms with Gasteiger partial charge in [-0.2, -0.15) is 0 Å². The van der Waals surface area contributed by atoms with Crippen molar-refractivity contribution in [3.63, 3.8) is 0 Å². The lowest BCUT2D eigenvalue weighted by Gasteiger charge is -2.19. The van der Waals surface area contributed by atoms with Crippen molar-refractivity contribution in [2.75, 3.05) is 0 Å². The Morgan fingerprint density at radius 2 is 1.04 bits per heavy atom. The molecule has 0 heterocycles. The molecule has 0 amide bonds. The minimum absolute atomic E-state index is 0.227. The molecular weight excluding hydrogens is 320 g/mol. The van der Waals surface area contributed by atoms with Crippen molar-refractivity contribution in [2.45, 2.75) is 66.2 Å². The van der Waals surface area contributed by atoms with Crippen LogP contribution < -0.4 is 0 Å². The highest BCUT2D eigenvalue weighted by Crippen LogP contribution is 2.40. The molecule has 2 nitrogen and oxygen atoms in total. The number of phenols is 2. The van der Waals surface area contributed by atoms with Crippen molar-refractivity contribution in [2.24, 2.45) is 0 Å². The van der Waals surface area contributed by atoms with Crippen molar-refractivity contribution in [3.05, 3.63) is 52.6 Å². The lowest BCUT2D eigenvalue weighted by molar-refractivity contribution is 0.454. The molecule has 2 heteroatoms. The van der Waals surface area contributed by atoms with Crippen molar-refractivity contribution in [1.82, 2.24) is 0 Å². The fraction of sp³-hybridized carbons (Fsp3) is 0.417. The molecule has 0 aliphatic carbocycles. The van der Waals surface area contributed by atoms with E-state index < -0.39 is 0 Å². The largest absolute Gasteiger partial charge is 0.507 e. The lowest BCUT2D eigenvalue weighted by atomic mass is 9.87. The summed E-state index contributed by atoms with van der Waals surface area (Å²) in [7, 11) is 0. The van der Waals surface area contributed by atoms with E-state index in [1.165, 1.54) is 0 Å². The fourth-order valence-corrected chi connectivity index (χ4v) is 3.32. The summed E-state index contributed by atoms with van der Waals surface area (Å²) in [5, 5.41) is 21.3. The van der Waals surface area contributed by atoms with Crippen LogP contribution in [-0.2, 0) is 0 Å². The van der Waals surface area contributed by atoms with E-state index >= 15 is 0 Å². The summed E-state index contributed by atoms with van der Waals surface area (Å²) in [6, 6.07) is 8.28. The molecule has 0 aromatic heterocycles. The minimum atomic E-state index is 0.227. The number of hydrogen-bond donors (Lipinski definition) is 2. The average molecular weight is 353 g/mol. The molecule has 140 valence electrons. The highest BCUT2D eigenvalue weighted by Gasteiger charge is 2.18. The zero-order valence-corrected chi connectivity index (χ0v) is 17.1. The van der Waals surface area contributed by atoms with Gasteiger partial charge in [-0.3, -0.25) is 0 Å². The summed E-state index contributed by atoms with van der Waals surface area (Å²) < 4.78 is 0. The summed E-state index contributed by atoms with van der Waals surface area (Å²) in [5.74, 6) is 1.47. The number of benzene rings is 2. The molecule has 2 aromatic rings. The molecule has 2 rings (SSSR count). The van der Waals surface area contributed by atoms with Gasteiger partial charge in [0.25, 0.3) is 0 Å². The van der Waals surface area contributed by atoms with Gasteiger partial charge in [0.15, 0.2) is 0 Å². The SMILES string of the molecule is CC=Cc1cc(-c2cc(C(C)C)c(O)c(C(C)C)c2)cc(C(C)C)c1O. The Labute approximate surface area is 158 Å². The first-order valence-electron chi connectivity index (χ1n) is 9.54. The summed E-state index contributed by atoms with van der Waals surface area (Å²) in [6.07, 6.45) is 3.89. The maximum Gasteiger partial charge on any atom is 0.126 e. The lowest BCUT2D eigenvalue weighted by Crippen LogP contribution is -1.98. The van der Waals surface area contributed by atoms with E-state index in [1.54, 1.807) is 0 Å². The van der Waals surface area contributed by atoms with Crippen LogP contribution in [0.25, 0.3) is 17.2 Å². The number of phenolic OH excluding ortho intramolecular Hbond substituents is 2. The van der Waals surface area contributed by atoms with Crippen molar-refractivity contribution < 1.29 is 10.2 Å². The summed E-state index contributed by atoms with van der Waals surface area (Å²) in [6.45, 7) is 14.5.